The highest BCUT2D eigenvalue weighted by atomic mass is 32.2. The number of rotatable bonds is 7. The normalized spacial score (nSPS) is 13.4. The van der Waals surface area contributed by atoms with Crippen molar-refractivity contribution >= 4 is 39.1 Å². The van der Waals surface area contributed by atoms with Crippen molar-refractivity contribution in [2.24, 2.45) is 0 Å². The van der Waals surface area contributed by atoms with Crippen LogP contribution in [-0.2, 0) is 10.0 Å². The van der Waals surface area contributed by atoms with Crippen molar-refractivity contribution in [2.45, 2.75) is 24.1 Å². The van der Waals surface area contributed by atoms with Crippen molar-refractivity contribution in [1.29, 1.82) is 0 Å². The predicted molar refractivity (Wildman–Crippen MR) is 74.1 cm³/mol. The summed E-state index contributed by atoms with van der Waals surface area (Å²) in [7, 11) is -3.61. The van der Waals surface area contributed by atoms with Crippen LogP contribution in [0.25, 0.3) is 0 Å². The van der Waals surface area contributed by atoms with E-state index in [9.17, 15) is 13.2 Å². The molecule has 0 aliphatic carbocycles. The number of carboxylic acid groups (broad SMARTS) is 1. The van der Waals surface area contributed by atoms with Crippen LogP contribution in [0.5, 0.6) is 0 Å². The van der Waals surface area contributed by atoms with Crippen LogP contribution in [0.15, 0.2) is 16.3 Å². The number of hydrogen-bond acceptors (Lipinski definition) is 5. The van der Waals surface area contributed by atoms with Gasteiger partial charge in [-0.05, 0) is 24.8 Å². The average Bonchev–Trinajstić information content (AvgIpc) is 2.75. The monoisotopic (exact) mass is 309 g/mol. The number of thioether (sulfide) groups is 1. The van der Waals surface area contributed by atoms with Crippen LogP contribution < -0.4 is 4.72 Å². The first-order chi connectivity index (χ1) is 8.36. The molecule has 0 fully saturated rings. The topological polar surface area (TPSA) is 83.5 Å². The molecule has 1 atom stereocenters. The molecule has 0 aliphatic heterocycles. The molecule has 0 radical (unpaired) electrons. The Morgan fingerprint density at radius 2 is 2.22 bits per heavy atom. The van der Waals surface area contributed by atoms with Crippen molar-refractivity contribution in [3.05, 3.63) is 17.0 Å². The second-order valence-electron chi connectivity index (χ2n) is 3.61. The van der Waals surface area contributed by atoms with Crippen LogP contribution in [0.3, 0.4) is 0 Å². The van der Waals surface area contributed by atoms with Gasteiger partial charge in [-0.1, -0.05) is 6.92 Å². The number of thiophene rings is 1. The Kier molecular flexibility index (Phi) is 5.64. The lowest BCUT2D eigenvalue weighted by Gasteiger charge is -2.12. The number of nitrogens with one attached hydrogen (secondary N) is 1. The minimum atomic E-state index is -3.61. The third-order valence-corrected chi connectivity index (χ3v) is 6.28. The Balaban J connectivity index is 2.76. The first-order valence-corrected chi connectivity index (χ1v) is 8.75. The number of hydrogen-bond donors (Lipinski definition) is 2. The second kappa shape index (κ2) is 6.55. The smallest absolute Gasteiger partial charge is 0.345 e. The fourth-order valence-corrected chi connectivity index (χ4v) is 4.41. The molecule has 1 aromatic rings. The second-order valence-corrected chi connectivity index (χ2v) is 7.95. The highest BCUT2D eigenvalue weighted by Crippen LogP contribution is 2.21. The maximum Gasteiger partial charge on any atom is 0.345 e. The molecule has 0 saturated heterocycles. The van der Waals surface area contributed by atoms with Crippen LogP contribution in [0.4, 0.5) is 0 Å². The zero-order valence-corrected chi connectivity index (χ0v) is 12.5. The van der Waals surface area contributed by atoms with Crippen molar-refractivity contribution in [3.63, 3.8) is 0 Å². The molecule has 0 bridgehead atoms. The molecule has 2 N–H and O–H groups in total. The number of sulfonamides is 1. The summed E-state index contributed by atoms with van der Waals surface area (Å²) >= 11 is 2.40. The summed E-state index contributed by atoms with van der Waals surface area (Å²) in [4.78, 5) is 10.7. The minimum absolute atomic E-state index is 0.0194. The fourth-order valence-electron chi connectivity index (χ4n) is 1.23. The Morgan fingerprint density at radius 1 is 1.56 bits per heavy atom. The summed E-state index contributed by atoms with van der Waals surface area (Å²) in [6.45, 7) is 3.79. The van der Waals surface area contributed by atoms with E-state index in [2.05, 4.69) is 4.72 Å². The largest absolute Gasteiger partial charge is 0.477 e. The van der Waals surface area contributed by atoms with Crippen molar-refractivity contribution in [1.82, 2.24) is 4.72 Å². The molecular formula is C10H15NO4S3. The van der Waals surface area contributed by atoms with Crippen LogP contribution in [0.1, 0.15) is 23.5 Å². The molecule has 18 heavy (non-hydrogen) atoms. The van der Waals surface area contributed by atoms with Gasteiger partial charge in [0.15, 0.2) is 0 Å². The van der Waals surface area contributed by atoms with Gasteiger partial charge >= 0.3 is 5.97 Å². The lowest BCUT2D eigenvalue weighted by atomic mass is 10.4. The zero-order chi connectivity index (χ0) is 13.8. The van der Waals surface area contributed by atoms with E-state index in [4.69, 9.17) is 5.11 Å². The van der Waals surface area contributed by atoms with Gasteiger partial charge in [-0.15, -0.1) is 11.3 Å². The Hall–Kier alpha value is -0.570. The maximum atomic E-state index is 11.9. The Labute approximate surface area is 115 Å². The van der Waals surface area contributed by atoms with Gasteiger partial charge in [-0.25, -0.2) is 17.9 Å². The highest BCUT2D eigenvalue weighted by Gasteiger charge is 2.20. The van der Waals surface area contributed by atoms with Crippen molar-refractivity contribution in [2.75, 3.05) is 11.5 Å². The molecule has 5 nitrogen and oxygen atoms in total. The first kappa shape index (κ1) is 15.5. The highest BCUT2D eigenvalue weighted by molar-refractivity contribution is 7.99. The SMILES string of the molecule is CCSCC(C)NS(=O)(=O)c1ccc(C(=O)O)s1. The lowest BCUT2D eigenvalue weighted by Crippen LogP contribution is -2.33. The van der Waals surface area contributed by atoms with E-state index in [1.165, 1.54) is 12.1 Å². The molecule has 8 heteroatoms. The predicted octanol–water partition coefficient (Wildman–Crippen LogP) is 1.87. The van der Waals surface area contributed by atoms with E-state index in [0.717, 1.165) is 17.1 Å². The molecule has 0 saturated carbocycles. The summed E-state index contributed by atoms with van der Waals surface area (Å²) in [5, 5.41) is 8.75. The van der Waals surface area contributed by atoms with Gasteiger partial charge in [0.25, 0.3) is 0 Å². The maximum absolute atomic E-state index is 11.9. The minimum Gasteiger partial charge on any atom is -0.477 e. The molecule has 1 unspecified atom stereocenters. The van der Waals surface area contributed by atoms with Crippen LogP contribution in [0.2, 0.25) is 0 Å². The van der Waals surface area contributed by atoms with E-state index >= 15 is 0 Å². The van der Waals surface area contributed by atoms with Crippen LogP contribution in [0, 0.1) is 0 Å². The average molecular weight is 309 g/mol. The standard InChI is InChI=1S/C10H15NO4S3/c1-3-16-6-7(2)11-18(14,15)9-5-4-8(17-9)10(12)13/h4-5,7,11H,3,6H2,1-2H3,(H,12,13). The third-order valence-electron chi connectivity index (χ3n) is 1.99. The zero-order valence-electron chi connectivity index (χ0n) is 10.0. The molecular weight excluding hydrogens is 294 g/mol. The number of carbonyl (C=O) groups is 1. The first-order valence-electron chi connectivity index (χ1n) is 5.30. The van der Waals surface area contributed by atoms with E-state index in [0.29, 0.717) is 5.75 Å². The molecule has 1 heterocycles. The van der Waals surface area contributed by atoms with Gasteiger partial charge in [0.1, 0.15) is 9.09 Å². The summed E-state index contributed by atoms with van der Waals surface area (Å²) in [6, 6.07) is 2.43. The van der Waals surface area contributed by atoms with E-state index in [1.54, 1.807) is 18.7 Å². The fraction of sp³-hybridized carbons (Fsp3) is 0.500. The van der Waals surface area contributed by atoms with Gasteiger partial charge in [-0.3, -0.25) is 0 Å². The van der Waals surface area contributed by atoms with Crippen molar-refractivity contribution < 1.29 is 18.3 Å². The Morgan fingerprint density at radius 3 is 2.72 bits per heavy atom. The lowest BCUT2D eigenvalue weighted by molar-refractivity contribution is 0.0702. The van der Waals surface area contributed by atoms with Gasteiger partial charge in [0, 0.05) is 11.8 Å². The van der Waals surface area contributed by atoms with E-state index in [1.807, 2.05) is 6.92 Å². The van der Waals surface area contributed by atoms with Gasteiger partial charge in [-0.2, -0.15) is 11.8 Å². The van der Waals surface area contributed by atoms with E-state index < -0.39 is 16.0 Å². The summed E-state index contributed by atoms with van der Waals surface area (Å²) < 4.78 is 26.4. The third kappa shape index (κ3) is 4.27. The number of aromatic carboxylic acids is 1. The van der Waals surface area contributed by atoms with Crippen LogP contribution in [-0.4, -0.2) is 37.0 Å². The van der Waals surface area contributed by atoms with Gasteiger partial charge < -0.3 is 5.11 Å². The molecule has 0 spiro atoms. The van der Waals surface area contributed by atoms with E-state index in [-0.39, 0.29) is 15.1 Å². The van der Waals surface area contributed by atoms with Crippen molar-refractivity contribution in [3.8, 4) is 0 Å². The molecule has 102 valence electrons. The molecule has 1 aromatic heterocycles. The molecule has 0 aromatic carbocycles. The molecule has 1 rings (SSSR count). The summed E-state index contributed by atoms with van der Waals surface area (Å²) in [5.41, 5.74) is 0. The summed E-state index contributed by atoms with van der Waals surface area (Å²) in [6.07, 6.45) is 0. The molecule has 0 amide bonds. The van der Waals surface area contributed by atoms with Gasteiger partial charge in [0.05, 0.1) is 0 Å². The Bertz CT molecular complexity index is 509. The number of carboxylic acids is 1. The summed E-state index contributed by atoms with van der Waals surface area (Å²) in [5.74, 6) is 0.497. The van der Waals surface area contributed by atoms with Gasteiger partial charge in [0.2, 0.25) is 10.0 Å². The van der Waals surface area contributed by atoms with Crippen LogP contribution >= 0.6 is 23.1 Å². The quantitative estimate of drug-likeness (QED) is 0.803. The molecule has 0 aliphatic rings.